The van der Waals surface area contributed by atoms with Gasteiger partial charge in [0, 0.05) is 12.8 Å². The minimum absolute atomic E-state index is 0.119. The van der Waals surface area contributed by atoms with Crippen LogP contribution in [0.3, 0.4) is 0 Å². The number of hydrogen-bond acceptors (Lipinski definition) is 4. The number of hydrogen-bond donors (Lipinski definition) is 2. The Balaban J connectivity index is 3.53. The van der Waals surface area contributed by atoms with E-state index in [1.165, 1.54) is 0 Å². The Kier molecular flexibility index (Phi) is 8.90. The van der Waals surface area contributed by atoms with E-state index in [1.54, 1.807) is 13.8 Å². The minimum atomic E-state index is -0.845. The van der Waals surface area contributed by atoms with E-state index in [1.807, 2.05) is 0 Å². The zero-order valence-corrected chi connectivity index (χ0v) is 10.8. The number of Topliss-reactive ketones (excluding diaryl/α,β-unsaturated/α-hetero) is 2. The van der Waals surface area contributed by atoms with Crippen molar-refractivity contribution in [3.8, 4) is 0 Å². The van der Waals surface area contributed by atoms with Crippen molar-refractivity contribution < 1.29 is 19.8 Å². The molecular weight excluding hydrogens is 220 g/mol. The molecule has 0 aromatic rings. The first-order chi connectivity index (χ1) is 8.02. The molecule has 0 spiro atoms. The van der Waals surface area contributed by atoms with Gasteiger partial charge in [-0.25, -0.2) is 0 Å². The van der Waals surface area contributed by atoms with E-state index in [0.29, 0.717) is 25.7 Å². The molecule has 0 aliphatic heterocycles. The van der Waals surface area contributed by atoms with E-state index in [4.69, 9.17) is 0 Å². The van der Waals surface area contributed by atoms with Crippen molar-refractivity contribution in [2.75, 3.05) is 0 Å². The molecule has 0 aliphatic carbocycles. The van der Waals surface area contributed by atoms with Crippen LogP contribution in [0.2, 0.25) is 0 Å². The summed E-state index contributed by atoms with van der Waals surface area (Å²) in [5.41, 5.74) is 0. The third kappa shape index (κ3) is 7.23. The highest BCUT2D eigenvalue weighted by molar-refractivity contribution is 5.82. The van der Waals surface area contributed by atoms with Gasteiger partial charge in [0.05, 0.1) is 0 Å². The van der Waals surface area contributed by atoms with Crippen LogP contribution in [0.25, 0.3) is 0 Å². The van der Waals surface area contributed by atoms with Crippen LogP contribution in [0, 0.1) is 0 Å². The molecule has 0 rings (SSSR count). The smallest absolute Gasteiger partial charge is 0.160 e. The number of unbranched alkanes of at least 4 members (excludes halogenated alkanes) is 2. The first-order valence-electron chi connectivity index (χ1n) is 6.44. The maximum Gasteiger partial charge on any atom is 0.160 e. The lowest BCUT2D eigenvalue weighted by molar-refractivity contribution is -0.127. The van der Waals surface area contributed by atoms with Crippen molar-refractivity contribution in [1.29, 1.82) is 0 Å². The first-order valence-corrected chi connectivity index (χ1v) is 6.44. The van der Waals surface area contributed by atoms with Crippen molar-refractivity contribution in [2.24, 2.45) is 0 Å². The van der Waals surface area contributed by atoms with Crippen molar-refractivity contribution in [1.82, 2.24) is 0 Å². The van der Waals surface area contributed by atoms with Gasteiger partial charge in [-0.1, -0.05) is 33.1 Å². The molecule has 2 unspecified atom stereocenters. The van der Waals surface area contributed by atoms with Crippen molar-refractivity contribution in [3.05, 3.63) is 0 Å². The van der Waals surface area contributed by atoms with E-state index in [0.717, 1.165) is 19.3 Å². The highest BCUT2D eigenvalue weighted by Crippen LogP contribution is 2.10. The summed E-state index contributed by atoms with van der Waals surface area (Å²) in [5, 5.41) is 18.8. The van der Waals surface area contributed by atoms with E-state index in [2.05, 4.69) is 0 Å². The summed E-state index contributed by atoms with van der Waals surface area (Å²) < 4.78 is 0. The van der Waals surface area contributed by atoms with E-state index >= 15 is 0 Å². The van der Waals surface area contributed by atoms with Gasteiger partial charge in [0.15, 0.2) is 11.6 Å². The Labute approximate surface area is 103 Å². The Hall–Kier alpha value is -0.740. The van der Waals surface area contributed by atoms with Crippen LogP contribution in [-0.4, -0.2) is 34.0 Å². The quantitative estimate of drug-likeness (QED) is 0.573. The summed E-state index contributed by atoms with van der Waals surface area (Å²) in [5.74, 6) is -0.239. The second-order valence-electron chi connectivity index (χ2n) is 4.31. The van der Waals surface area contributed by atoms with Crippen LogP contribution in [0.1, 0.15) is 58.8 Å². The Morgan fingerprint density at radius 3 is 1.47 bits per heavy atom. The zero-order valence-electron chi connectivity index (χ0n) is 10.8. The number of ketones is 2. The van der Waals surface area contributed by atoms with E-state index in [9.17, 15) is 19.8 Å². The number of aliphatic hydroxyl groups excluding tert-OH is 2. The predicted octanol–water partition coefficient (Wildman–Crippen LogP) is 1.62. The molecule has 0 saturated heterocycles. The van der Waals surface area contributed by atoms with Crippen LogP contribution >= 0.6 is 0 Å². The second kappa shape index (κ2) is 9.31. The van der Waals surface area contributed by atoms with Gasteiger partial charge in [0.1, 0.15) is 12.2 Å². The maximum atomic E-state index is 11.1. The maximum absolute atomic E-state index is 11.1. The van der Waals surface area contributed by atoms with Gasteiger partial charge < -0.3 is 10.2 Å². The monoisotopic (exact) mass is 244 g/mol. The van der Waals surface area contributed by atoms with Crippen LogP contribution in [0.5, 0.6) is 0 Å². The van der Waals surface area contributed by atoms with Gasteiger partial charge in [0.25, 0.3) is 0 Å². The number of carbonyl (C=O) groups is 2. The van der Waals surface area contributed by atoms with Crippen LogP contribution < -0.4 is 0 Å². The molecule has 2 N–H and O–H groups in total. The fourth-order valence-electron chi connectivity index (χ4n) is 1.65. The summed E-state index contributed by atoms with van der Waals surface area (Å²) in [7, 11) is 0. The Morgan fingerprint density at radius 1 is 0.824 bits per heavy atom. The van der Waals surface area contributed by atoms with Gasteiger partial charge in [-0.05, 0) is 12.8 Å². The largest absolute Gasteiger partial charge is 0.385 e. The highest BCUT2D eigenvalue weighted by atomic mass is 16.3. The summed E-state index contributed by atoms with van der Waals surface area (Å²) in [6.07, 6.45) is 2.32. The first kappa shape index (κ1) is 16.3. The lowest BCUT2D eigenvalue weighted by Crippen LogP contribution is -2.20. The van der Waals surface area contributed by atoms with Crippen molar-refractivity contribution in [2.45, 2.75) is 71.0 Å². The van der Waals surface area contributed by atoms with E-state index in [-0.39, 0.29) is 11.6 Å². The Morgan fingerprint density at radius 2 is 1.18 bits per heavy atom. The van der Waals surface area contributed by atoms with Crippen LogP contribution in [0.4, 0.5) is 0 Å². The predicted molar refractivity (Wildman–Crippen MR) is 65.7 cm³/mol. The lowest BCUT2D eigenvalue weighted by atomic mass is 10.0. The summed E-state index contributed by atoms with van der Waals surface area (Å²) in [6, 6.07) is 0. The third-order valence-corrected chi connectivity index (χ3v) is 2.90. The number of carbonyl (C=O) groups excluding carboxylic acids is 2. The van der Waals surface area contributed by atoms with Crippen LogP contribution in [0.15, 0.2) is 0 Å². The molecule has 0 aliphatic rings. The summed E-state index contributed by atoms with van der Waals surface area (Å²) >= 11 is 0. The highest BCUT2D eigenvalue weighted by Gasteiger charge is 2.13. The molecule has 0 radical (unpaired) electrons. The molecule has 17 heavy (non-hydrogen) atoms. The molecule has 0 aromatic heterocycles. The van der Waals surface area contributed by atoms with Gasteiger partial charge in [-0.2, -0.15) is 0 Å². The van der Waals surface area contributed by atoms with Crippen molar-refractivity contribution in [3.63, 3.8) is 0 Å². The van der Waals surface area contributed by atoms with Gasteiger partial charge in [0.2, 0.25) is 0 Å². The fourth-order valence-corrected chi connectivity index (χ4v) is 1.65. The summed E-state index contributed by atoms with van der Waals surface area (Å²) in [6.45, 7) is 3.47. The molecule has 100 valence electrons. The molecule has 0 bridgehead atoms. The Bertz CT molecular complexity index is 214. The SMILES string of the molecule is CCC(=O)C(O)CCCCCC(O)C(=O)CC. The molecule has 0 amide bonds. The molecule has 2 atom stereocenters. The van der Waals surface area contributed by atoms with E-state index < -0.39 is 12.2 Å². The third-order valence-electron chi connectivity index (χ3n) is 2.90. The molecule has 0 heterocycles. The topological polar surface area (TPSA) is 74.6 Å². The lowest BCUT2D eigenvalue weighted by Gasteiger charge is -2.09. The second-order valence-corrected chi connectivity index (χ2v) is 4.31. The van der Waals surface area contributed by atoms with Crippen LogP contribution in [-0.2, 0) is 9.59 Å². The summed E-state index contributed by atoms with van der Waals surface area (Å²) in [4.78, 5) is 22.2. The molecule has 4 heteroatoms. The fraction of sp³-hybridized carbons (Fsp3) is 0.846. The normalized spacial score (nSPS) is 14.4. The van der Waals surface area contributed by atoms with Gasteiger partial charge in [-0.3, -0.25) is 9.59 Å². The zero-order chi connectivity index (χ0) is 13.3. The van der Waals surface area contributed by atoms with Gasteiger partial charge in [-0.15, -0.1) is 0 Å². The molecular formula is C13H24O4. The average molecular weight is 244 g/mol. The standard InChI is InChI=1S/C13H24O4/c1-3-10(14)12(16)8-6-5-7-9-13(17)11(15)4-2/h12-13,16-17H,3-9H2,1-2H3. The molecule has 0 saturated carbocycles. The van der Waals surface area contributed by atoms with Crippen molar-refractivity contribution >= 4 is 11.6 Å². The van der Waals surface area contributed by atoms with Gasteiger partial charge >= 0.3 is 0 Å². The molecule has 4 nitrogen and oxygen atoms in total. The molecule has 0 aromatic carbocycles. The number of rotatable bonds is 10. The number of aliphatic hydroxyl groups is 2. The molecule has 0 fully saturated rings. The average Bonchev–Trinajstić information content (AvgIpc) is 2.35. The minimum Gasteiger partial charge on any atom is -0.385 e.